The molecule has 150 valence electrons. The van der Waals surface area contributed by atoms with Crippen LogP contribution in [0.1, 0.15) is 111 Å². The van der Waals surface area contributed by atoms with E-state index in [0.29, 0.717) is 12.3 Å². The van der Waals surface area contributed by atoms with Crippen molar-refractivity contribution in [2.24, 2.45) is 11.7 Å². The monoisotopic (exact) mass is 355 g/mol. The minimum Gasteiger partial charge on any atom is -0.481 e. The smallest absolute Gasteiger partial charge is 0.303 e. The van der Waals surface area contributed by atoms with Gasteiger partial charge in [-0.05, 0) is 44.6 Å². The maximum atomic E-state index is 10.3. The lowest BCUT2D eigenvalue weighted by Crippen LogP contribution is -2.05. The second-order valence-electron chi connectivity index (χ2n) is 7.36. The van der Waals surface area contributed by atoms with E-state index in [1.807, 2.05) is 0 Å². The molecule has 3 nitrogen and oxygen atoms in total. The summed E-state index contributed by atoms with van der Waals surface area (Å²) in [6.45, 7) is 7.26. The predicted octanol–water partition coefficient (Wildman–Crippen LogP) is 6.71. The van der Waals surface area contributed by atoms with E-state index in [4.69, 9.17) is 10.8 Å². The zero-order valence-corrected chi connectivity index (χ0v) is 17.3. The minimum atomic E-state index is -0.664. The van der Waals surface area contributed by atoms with Crippen LogP contribution in [0.3, 0.4) is 0 Å². The van der Waals surface area contributed by atoms with Gasteiger partial charge in [0.15, 0.2) is 0 Å². The molecule has 25 heavy (non-hydrogen) atoms. The van der Waals surface area contributed by atoms with Gasteiger partial charge >= 0.3 is 5.97 Å². The fourth-order valence-corrected chi connectivity index (χ4v) is 2.35. The Kier molecular flexibility index (Phi) is 24.5. The van der Waals surface area contributed by atoms with Gasteiger partial charge in [0, 0.05) is 6.42 Å². The molecule has 0 bridgehead atoms. The highest BCUT2D eigenvalue weighted by Crippen LogP contribution is 2.09. The van der Waals surface area contributed by atoms with E-state index in [9.17, 15) is 4.79 Å². The molecule has 0 amide bonds. The molecule has 0 unspecified atom stereocenters. The number of carbonyl (C=O) groups is 1. The molecule has 0 saturated heterocycles. The first-order valence-corrected chi connectivity index (χ1v) is 10.6. The van der Waals surface area contributed by atoms with Crippen molar-refractivity contribution < 1.29 is 9.90 Å². The van der Waals surface area contributed by atoms with Crippen LogP contribution in [0.4, 0.5) is 0 Å². The number of unbranched alkanes of at least 4 members (excludes halogenated alkanes) is 11. The summed E-state index contributed by atoms with van der Waals surface area (Å²) in [5, 5.41) is 8.51. The SMILES string of the molecule is CC(C)CN.CCCCCCCC/C=C\CCCCCCCC(=O)O. The van der Waals surface area contributed by atoms with E-state index in [1.54, 1.807) is 0 Å². The second kappa shape index (κ2) is 23.2. The van der Waals surface area contributed by atoms with Gasteiger partial charge in [0.25, 0.3) is 0 Å². The molecule has 0 aliphatic carbocycles. The number of nitrogens with two attached hydrogens (primary N) is 1. The molecule has 0 spiro atoms. The van der Waals surface area contributed by atoms with Gasteiger partial charge in [0.05, 0.1) is 0 Å². The molecule has 0 radical (unpaired) electrons. The summed E-state index contributed by atoms with van der Waals surface area (Å²) in [7, 11) is 0. The zero-order chi connectivity index (χ0) is 19.2. The van der Waals surface area contributed by atoms with Crippen molar-refractivity contribution in [3.8, 4) is 0 Å². The Bertz CT molecular complexity index is 288. The molecule has 0 heterocycles. The van der Waals surface area contributed by atoms with Gasteiger partial charge in [-0.2, -0.15) is 0 Å². The summed E-state index contributed by atoms with van der Waals surface area (Å²) in [5.41, 5.74) is 5.17. The van der Waals surface area contributed by atoms with Gasteiger partial charge in [-0.15, -0.1) is 0 Å². The minimum absolute atomic E-state index is 0.332. The lowest BCUT2D eigenvalue weighted by molar-refractivity contribution is -0.137. The van der Waals surface area contributed by atoms with Gasteiger partial charge in [-0.25, -0.2) is 0 Å². The molecular formula is C22H45NO2. The topological polar surface area (TPSA) is 63.3 Å². The number of allylic oxidation sites excluding steroid dienone is 2. The Morgan fingerprint density at radius 3 is 1.64 bits per heavy atom. The highest BCUT2D eigenvalue weighted by Gasteiger charge is 1.95. The third kappa shape index (κ3) is 31.5. The highest BCUT2D eigenvalue weighted by molar-refractivity contribution is 5.66. The number of carboxylic acids is 1. The van der Waals surface area contributed by atoms with Crippen LogP contribution < -0.4 is 5.73 Å². The van der Waals surface area contributed by atoms with E-state index < -0.39 is 5.97 Å². The molecule has 0 atom stereocenters. The lowest BCUT2D eigenvalue weighted by Gasteiger charge is -1.99. The van der Waals surface area contributed by atoms with Gasteiger partial charge in [0.2, 0.25) is 0 Å². The van der Waals surface area contributed by atoms with Crippen LogP contribution >= 0.6 is 0 Å². The molecule has 0 aromatic rings. The molecule has 0 aliphatic rings. The quantitative estimate of drug-likeness (QED) is 0.239. The summed E-state index contributed by atoms with van der Waals surface area (Å²) < 4.78 is 0. The molecule has 3 heteroatoms. The zero-order valence-electron chi connectivity index (χ0n) is 17.3. The number of aliphatic carboxylic acids is 1. The molecule has 3 N–H and O–H groups in total. The molecule has 0 rings (SSSR count). The van der Waals surface area contributed by atoms with Crippen LogP contribution in [0.15, 0.2) is 12.2 Å². The molecule has 0 aliphatic heterocycles. The Hall–Kier alpha value is -0.830. The van der Waals surface area contributed by atoms with Gasteiger partial charge in [-0.3, -0.25) is 4.79 Å². The molecule has 0 aromatic carbocycles. The van der Waals surface area contributed by atoms with Crippen LogP contribution in [0.5, 0.6) is 0 Å². The van der Waals surface area contributed by atoms with E-state index in [2.05, 4.69) is 32.9 Å². The van der Waals surface area contributed by atoms with Crippen molar-refractivity contribution in [1.29, 1.82) is 0 Å². The third-order valence-electron chi connectivity index (χ3n) is 4.12. The molecular weight excluding hydrogens is 310 g/mol. The summed E-state index contributed by atoms with van der Waals surface area (Å²) >= 11 is 0. The normalized spacial score (nSPS) is 10.9. The molecule has 0 fully saturated rings. The van der Waals surface area contributed by atoms with Crippen molar-refractivity contribution >= 4 is 5.97 Å². The van der Waals surface area contributed by atoms with Crippen molar-refractivity contribution in [2.75, 3.05) is 6.54 Å². The average molecular weight is 356 g/mol. The maximum Gasteiger partial charge on any atom is 0.303 e. The first-order valence-electron chi connectivity index (χ1n) is 10.6. The predicted molar refractivity (Wildman–Crippen MR) is 111 cm³/mol. The third-order valence-corrected chi connectivity index (χ3v) is 4.12. The van der Waals surface area contributed by atoms with Crippen LogP contribution in [0.25, 0.3) is 0 Å². The van der Waals surface area contributed by atoms with Gasteiger partial charge in [-0.1, -0.05) is 84.3 Å². The summed E-state index contributed by atoms with van der Waals surface area (Å²) in [4.78, 5) is 10.3. The standard InChI is InChI=1S/C18H34O2.C4H11N/c1-2-3-4-5-6-7-8-9-10-11-12-13-14-15-16-17-18(19)20;1-4(2)3-5/h9-10H,2-8,11-17H2,1H3,(H,19,20);4H,3,5H2,1-2H3/b10-9-;. The van der Waals surface area contributed by atoms with Crippen LogP contribution in [-0.4, -0.2) is 17.6 Å². The molecule has 0 saturated carbocycles. The number of carboxylic acid groups (broad SMARTS) is 1. The van der Waals surface area contributed by atoms with Gasteiger partial charge < -0.3 is 10.8 Å². The summed E-state index contributed by atoms with van der Waals surface area (Å²) in [6.07, 6.45) is 21.2. The largest absolute Gasteiger partial charge is 0.481 e. The Balaban J connectivity index is 0. The van der Waals surface area contributed by atoms with E-state index >= 15 is 0 Å². The van der Waals surface area contributed by atoms with Crippen LogP contribution in [-0.2, 0) is 4.79 Å². The van der Waals surface area contributed by atoms with Crippen molar-refractivity contribution in [3.05, 3.63) is 12.2 Å². The molecule has 0 aromatic heterocycles. The average Bonchev–Trinajstić information content (AvgIpc) is 2.58. The Morgan fingerprint density at radius 2 is 1.24 bits per heavy atom. The fraction of sp³-hybridized carbons (Fsp3) is 0.864. The maximum absolute atomic E-state index is 10.3. The number of hydrogen-bond acceptors (Lipinski definition) is 2. The van der Waals surface area contributed by atoms with E-state index in [0.717, 1.165) is 19.4 Å². The van der Waals surface area contributed by atoms with E-state index in [-0.39, 0.29) is 0 Å². The van der Waals surface area contributed by atoms with Crippen molar-refractivity contribution in [1.82, 2.24) is 0 Å². The van der Waals surface area contributed by atoms with E-state index in [1.165, 1.54) is 70.6 Å². The van der Waals surface area contributed by atoms with Crippen molar-refractivity contribution in [3.63, 3.8) is 0 Å². The van der Waals surface area contributed by atoms with Crippen LogP contribution in [0, 0.1) is 5.92 Å². The van der Waals surface area contributed by atoms with Crippen molar-refractivity contribution in [2.45, 2.75) is 111 Å². The Morgan fingerprint density at radius 1 is 0.840 bits per heavy atom. The fourth-order valence-electron chi connectivity index (χ4n) is 2.35. The lowest BCUT2D eigenvalue weighted by atomic mass is 10.1. The Labute approximate surface area is 157 Å². The van der Waals surface area contributed by atoms with Crippen LogP contribution in [0.2, 0.25) is 0 Å². The number of rotatable bonds is 16. The second-order valence-corrected chi connectivity index (χ2v) is 7.36. The van der Waals surface area contributed by atoms with Gasteiger partial charge in [0.1, 0.15) is 0 Å². The number of hydrogen-bond donors (Lipinski definition) is 2. The highest BCUT2D eigenvalue weighted by atomic mass is 16.4. The summed E-state index contributed by atoms with van der Waals surface area (Å²) in [5.74, 6) is -0.00220. The summed E-state index contributed by atoms with van der Waals surface area (Å²) in [6, 6.07) is 0. The first kappa shape index (κ1) is 26.4. The first-order chi connectivity index (χ1) is 12.0.